The minimum absolute atomic E-state index is 0.00938. The molecule has 0 atom stereocenters. The molecule has 2 aromatic rings. The van der Waals surface area contributed by atoms with Gasteiger partial charge in [-0.3, -0.25) is 14.9 Å². The van der Waals surface area contributed by atoms with Crippen LogP contribution in [0.3, 0.4) is 0 Å². The summed E-state index contributed by atoms with van der Waals surface area (Å²) in [6.07, 6.45) is 3.38. The van der Waals surface area contributed by atoms with Crippen LogP contribution in [0.4, 0.5) is 11.4 Å². The number of hydrogen-bond acceptors (Lipinski definition) is 5. The van der Waals surface area contributed by atoms with Gasteiger partial charge in [0.15, 0.2) is 0 Å². The minimum Gasteiger partial charge on any atom is -0.362 e. The fraction of sp³-hybridized carbons (Fsp3) is 0.235. The Morgan fingerprint density at radius 2 is 2.00 bits per heavy atom. The normalized spacial score (nSPS) is 14.9. The Hall–Kier alpha value is -2.38. The van der Waals surface area contributed by atoms with Gasteiger partial charge in [-0.05, 0) is 29.7 Å². The zero-order valence-electron chi connectivity index (χ0n) is 13.3. The zero-order chi connectivity index (χ0) is 17.8. The fourth-order valence-electron chi connectivity index (χ4n) is 2.72. The van der Waals surface area contributed by atoms with Crippen molar-refractivity contribution in [3.8, 4) is 0 Å². The summed E-state index contributed by atoms with van der Waals surface area (Å²) in [6, 6.07) is 8.55. The van der Waals surface area contributed by atoms with Crippen LogP contribution >= 0.6 is 22.9 Å². The first-order valence-electron chi connectivity index (χ1n) is 7.74. The average molecular weight is 378 g/mol. The molecule has 8 heteroatoms. The van der Waals surface area contributed by atoms with Gasteiger partial charge in [0.2, 0.25) is 5.91 Å². The molecule has 3 rings (SSSR count). The summed E-state index contributed by atoms with van der Waals surface area (Å²) in [6.45, 7) is 2.13. The summed E-state index contributed by atoms with van der Waals surface area (Å²) in [4.78, 5) is 27.8. The predicted octanol–water partition coefficient (Wildman–Crippen LogP) is 3.67. The third kappa shape index (κ3) is 4.18. The van der Waals surface area contributed by atoms with E-state index in [9.17, 15) is 14.9 Å². The van der Waals surface area contributed by atoms with Crippen molar-refractivity contribution in [1.82, 2.24) is 4.90 Å². The Bertz CT molecular complexity index is 799. The molecule has 1 saturated heterocycles. The number of benzene rings is 1. The second-order valence-electron chi connectivity index (χ2n) is 5.55. The van der Waals surface area contributed by atoms with Crippen LogP contribution in [-0.2, 0) is 4.79 Å². The molecule has 1 amide bonds. The molecule has 1 aliphatic rings. The Morgan fingerprint density at radius 1 is 1.24 bits per heavy atom. The number of hydrogen-bond donors (Lipinski definition) is 0. The first-order chi connectivity index (χ1) is 12.0. The van der Waals surface area contributed by atoms with E-state index < -0.39 is 4.92 Å². The number of nitrogens with zero attached hydrogens (tertiary/aromatic N) is 3. The molecule has 130 valence electrons. The van der Waals surface area contributed by atoms with Crippen molar-refractivity contribution in [1.29, 1.82) is 0 Å². The minimum atomic E-state index is -0.428. The van der Waals surface area contributed by atoms with Gasteiger partial charge in [-0.2, -0.15) is 0 Å². The lowest BCUT2D eigenvalue weighted by Crippen LogP contribution is -2.48. The number of nitro groups is 1. The molecule has 2 heterocycles. The molecular weight excluding hydrogens is 362 g/mol. The number of carbonyl (C=O) groups is 1. The van der Waals surface area contributed by atoms with Crippen molar-refractivity contribution >= 4 is 46.3 Å². The number of nitro benzene ring substituents is 1. The molecule has 0 bridgehead atoms. The molecule has 25 heavy (non-hydrogen) atoms. The van der Waals surface area contributed by atoms with Gasteiger partial charge >= 0.3 is 0 Å². The third-order valence-electron chi connectivity index (χ3n) is 4.00. The second kappa shape index (κ2) is 7.67. The number of piperazine rings is 1. The number of amides is 1. The van der Waals surface area contributed by atoms with Crippen molar-refractivity contribution < 1.29 is 9.72 Å². The number of rotatable bonds is 4. The maximum absolute atomic E-state index is 12.3. The Labute approximate surface area is 154 Å². The lowest BCUT2D eigenvalue weighted by molar-refractivity contribution is -0.384. The van der Waals surface area contributed by atoms with E-state index in [1.165, 1.54) is 6.07 Å². The van der Waals surface area contributed by atoms with E-state index in [2.05, 4.69) is 0 Å². The van der Waals surface area contributed by atoms with Crippen LogP contribution in [0, 0.1) is 10.1 Å². The predicted molar refractivity (Wildman–Crippen MR) is 100 cm³/mol. The molecule has 0 aliphatic carbocycles. The summed E-state index contributed by atoms with van der Waals surface area (Å²) in [5, 5.41) is 13.5. The monoisotopic (exact) mass is 377 g/mol. The average Bonchev–Trinajstić information content (AvgIpc) is 3.13. The molecule has 1 aromatic heterocycles. The van der Waals surface area contributed by atoms with Gasteiger partial charge < -0.3 is 9.80 Å². The van der Waals surface area contributed by atoms with Crippen LogP contribution < -0.4 is 4.90 Å². The second-order valence-corrected chi connectivity index (χ2v) is 6.97. The van der Waals surface area contributed by atoms with Crippen LogP contribution in [0.15, 0.2) is 41.8 Å². The molecule has 0 saturated carbocycles. The van der Waals surface area contributed by atoms with Gasteiger partial charge in [-0.1, -0.05) is 17.7 Å². The number of thiophene rings is 1. The summed E-state index contributed by atoms with van der Waals surface area (Å²) in [5.41, 5.74) is 0.528. The summed E-state index contributed by atoms with van der Waals surface area (Å²) < 4.78 is 0. The largest absolute Gasteiger partial charge is 0.362 e. The Morgan fingerprint density at radius 3 is 2.64 bits per heavy atom. The summed E-state index contributed by atoms with van der Waals surface area (Å²) >= 11 is 7.43. The Balaban J connectivity index is 1.64. The molecule has 0 radical (unpaired) electrons. The lowest BCUT2D eigenvalue weighted by atomic mass is 10.2. The van der Waals surface area contributed by atoms with Gasteiger partial charge in [0.25, 0.3) is 5.69 Å². The van der Waals surface area contributed by atoms with E-state index in [0.717, 1.165) is 4.88 Å². The lowest BCUT2D eigenvalue weighted by Gasteiger charge is -2.35. The number of anilines is 1. The van der Waals surface area contributed by atoms with Crippen LogP contribution in [0.5, 0.6) is 0 Å². The van der Waals surface area contributed by atoms with Crippen molar-refractivity contribution in [2.75, 3.05) is 31.1 Å². The van der Waals surface area contributed by atoms with Gasteiger partial charge in [0, 0.05) is 48.2 Å². The molecule has 6 nitrogen and oxygen atoms in total. The highest BCUT2D eigenvalue weighted by molar-refractivity contribution is 7.10. The number of carbonyl (C=O) groups excluding carboxylic acids is 1. The molecule has 0 unspecified atom stereocenters. The molecule has 0 spiro atoms. The van der Waals surface area contributed by atoms with Gasteiger partial charge in [0.05, 0.1) is 4.92 Å². The topological polar surface area (TPSA) is 66.7 Å². The van der Waals surface area contributed by atoms with Crippen molar-refractivity contribution in [2.45, 2.75) is 0 Å². The smallest absolute Gasteiger partial charge is 0.294 e. The van der Waals surface area contributed by atoms with E-state index in [-0.39, 0.29) is 11.6 Å². The molecular formula is C17H16ClN3O3S. The molecule has 1 fully saturated rings. The van der Waals surface area contributed by atoms with E-state index >= 15 is 0 Å². The summed E-state index contributed by atoms with van der Waals surface area (Å²) in [5.74, 6) is -0.0429. The SMILES string of the molecule is O=C(C=Cc1cccs1)N1CCN(c2ccc(Cl)cc2[N+](=O)[O-])CC1. The third-order valence-corrected chi connectivity index (χ3v) is 5.07. The van der Waals surface area contributed by atoms with Crippen molar-refractivity contribution in [2.24, 2.45) is 0 Å². The van der Waals surface area contributed by atoms with E-state index in [1.54, 1.807) is 34.4 Å². The first-order valence-corrected chi connectivity index (χ1v) is 9.00. The van der Waals surface area contributed by atoms with Crippen LogP contribution in [0.2, 0.25) is 5.02 Å². The van der Waals surface area contributed by atoms with E-state index in [0.29, 0.717) is 36.9 Å². The van der Waals surface area contributed by atoms with Crippen molar-refractivity contribution in [3.63, 3.8) is 0 Å². The maximum atomic E-state index is 12.3. The van der Waals surface area contributed by atoms with Crippen LogP contribution in [0.25, 0.3) is 6.08 Å². The highest BCUT2D eigenvalue weighted by Crippen LogP contribution is 2.31. The quantitative estimate of drug-likeness (QED) is 0.463. The first kappa shape index (κ1) is 17.4. The Kier molecular flexibility index (Phi) is 5.35. The van der Waals surface area contributed by atoms with E-state index in [4.69, 9.17) is 11.6 Å². The van der Waals surface area contributed by atoms with Gasteiger partial charge in [-0.15, -0.1) is 11.3 Å². The maximum Gasteiger partial charge on any atom is 0.294 e. The molecule has 0 N–H and O–H groups in total. The van der Waals surface area contributed by atoms with E-state index in [1.807, 2.05) is 28.5 Å². The van der Waals surface area contributed by atoms with Crippen LogP contribution in [0.1, 0.15) is 4.88 Å². The van der Waals surface area contributed by atoms with Gasteiger partial charge in [0.1, 0.15) is 5.69 Å². The molecule has 1 aromatic carbocycles. The zero-order valence-corrected chi connectivity index (χ0v) is 14.9. The van der Waals surface area contributed by atoms with Crippen molar-refractivity contribution in [3.05, 3.63) is 61.8 Å². The fourth-order valence-corrected chi connectivity index (χ4v) is 3.51. The van der Waals surface area contributed by atoms with Gasteiger partial charge in [-0.25, -0.2) is 0 Å². The molecule has 1 aliphatic heterocycles. The summed E-state index contributed by atoms with van der Waals surface area (Å²) in [7, 11) is 0. The standard InChI is InChI=1S/C17H16ClN3O3S/c18-13-3-5-15(16(12-13)21(23)24)19-7-9-20(10-8-19)17(22)6-4-14-2-1-11-25-14/h1-6,11-12H,7-10H2. The number of halogens is 1. The highest BCUT2D eigenvalue weighted by Gasteiger charge is 2.25. The van der Waals surface area contributed by atoms with Crippen LogP contribution in [-0.4, -0.2) is 41.9 Å². The highest BCUT2D eigenvalue weighted by atomic mass is 35.5.